The van der Waals surface area contributed by atoms with Crippen LogP contribution in [0.1, 0.15) is 32.3 Å². The van der Waals surface area contributed by atoms with Gasteiger partial charge in [-0.1, -0.05) is 13.8 Å². The van der Waals surface area contributed by atoms with Crippen LogP contribution in [-0.2, 0) is 0 Å². The van der Waals surface area contributed by atoms with E-state index in [1.54, 1.807) is 13.0 Å². The molecule has 1 aromatic carbocycles. The second kappa shape index (κ2) is 4.55. The standard InChI is InChI=1S/C14H21FN2/c1-8-4-5-13(10(8)3)17-14-6-9(2)11(15)7-12(14)16/h6-8,10,13,17H,4-5,16H2,1-3H3. The van der Waals surface area contributed by atoms with Gasteiger partial charge in [-0.2, -0.15) is 0 Å². The minimum absolute atomic E-state index is 0.235. The Morgan fingerprint density at radius 1 is 1.29 bits per heavy atom. The molecule has 94 valence electrons. The summed E-state index contributed by atoms with van der Waals surface area (Å²) < 4.78 is 13.3. The van der Waals surface area contributed by atoms with Crippen LogP contribution in [-0.4, -0.2) is 6.04 Å². The fourth-order valence-corrected chi connectivity index (χ4v) is 2.59. The molecule has 1 aliphatic carbocycles. The lowest BCUT2D eigenvalue weighted by Gasteiger charge is -2.22. The van der Waals surface area contributed by atoms with Crippen LogP contribution in [0.5, 0.6) is 0 Å². The molecule has 1 aliphatic rings. The summed E-state index contributed by atoms with van der Waals surface area (Å²) in [5.41, 5.74) is 7.86. The van der Waals surface area contributed by atoms with Crippen molar-refractivity contribution in [3.8, 4) is 0 Å². The SMILES string of the molecule is Cc1cc(NC2CCC(C)C2C)c(N)cc1F. The lowest BCUT2D eigenvalue weighted by molar-refractivity contribution is 0.435. The van der Waals surface area contributed by atoms with Crippen molar-refractivity contribution in [3.63, 3.8) is 0 Å². The number of hydrogen-bond donors (Lipinski definition) is 2. The van der Waals surface area contributed by atoms with Crippen LogP contribution in [0.3, 0.4) is 0 Å². The van der Waals surface area contributed by atoms with E-state index >= 15 is 0 Å². The van der Waals surface area contributed by atoms with Crippen LogP contribution in [0.25, 0.3) is 0 Å². The summed E-state index contributed by atoms with van der Waals surface area (Å²) in [7, 11) is 0. The summed E-state index contributed by atoms with van der Waals surface area (Å²) in [4.78, 5) is 0. The van der Waals surface area contributed by atoms with Gasteiger partial charge in [-0.05, 0) is 49.3 Å². The summed E-state index contributed by atoms with van der Waals surface area (Å²) in [6, 6.07) is 3.67. The van der Waals surface area contributed by atoms with Crippen molar-refractivity contribution in [2.45, 2.75) is 39.7 Å². The van der Waals surface area contributed by atoms with Gasteiger partial charge in [0, 0.05) is 6.04 Å². The van der Waals surface area contributed by atoms with E-state index < -0.39 is 0 Å². The van der Waals surface area contributed by atoms with Crippen LogP contribution in [0.4, 0.5) is 15.8 Å². The zero-order valence-electron chi connectivity index (χ0n) is 10.8. The van der Waals surface area contributed by atoms with Crippen LogP contribution in [0.2, 0.25) is 0 Å². The Kier molecular flexibility index (Phi) is 3.27. The first-order valence-electron chi connectivity index (χ1n) is 6.31. The van der Waals surface area contributed by atoms with Gasteiger partial charge in [-0.15, -0.1) is 0 Å². The van der Waals surface area contributed by atoms with Crippen LogP contribution >= 0.6 is 0 Å². The summed E-state index contributed by atoms with van der Waals surface area (Å²) in [5.74, 6) is 1.15. The number of aryl methyl sites for hydroxylation is 1. The van der Waals surface area contributed by atoms with Gasteiger partial charge in [0.25, 0.3) is 0 Å². The summed E-state index contributed by atoms with van der Waals surface area (Å²) in [6.07, 6.45) is 2.41. The molecule has 0 radical (unpaired) electrons. The van der Waals surface area contributed by atoms with Gasteiger partial charge in [-0.25, -0.2) is 4.39 Å². The molecule has 17 heavy (non-hydrogen) atoms. The highest BCUT2D eigenvalue weighted by atomic mass is 19.1. The third-order valence-corrected chi connectivity index (χ3v) is 4.14. The Hall–Kier alpha value is -1.25. The third kappa shape index (κ3) is 2.38. The van der Waals surface area contributed by atoms with E-state index in [0.717, 1.165) is 18.0 Å². The Labute approximate surface area is 102 Å². The van der Waals surface area contributed by atoms with Crippen molar-refractivity contribution in [2.24, 2.45) is 11.8 Å². The third-order valence-electron chi connectivity index (χ3n) is 4.14. The maximum absolute atomic E-state index is 13.3. The first-order valence-corrected chi connectivity index (χ1v) is 6.31. The summed E-state index contributed by atoms with van der Waals surface area (Å²) >= 11 is 0. The van der Waals surface area contributed by atoms with Gasteiger partial charge in [0.05, 0.1) is 11.4 Å². The number of nitrogen functional groups attached to an aromatic ring is 1. The smallest absolute Gasteiger partial charge is 0.128 e. The minimum atomic E-state index is -0.235. The van der Waals surface area contributed by atoms with Crippen LogP contribution < -0.4 is 11.1 Å². The molecule has 0 aliphatic heterocycles. The summed E-state index contributed by atoms with van der Waals surface area (Å²) in [5, 5.41) is 3.47. The predicted octanol–water partition coefficient (Wildman–Crippen LogP) is 3.56. The lowest BCUT2D eigenvalue weighted by Crippen LogP contribution is -2.24. The molecule has 1 aromatic rings. The van der Waals surface area contributed by atoms with Crippen molar-refractivity contribution in [1.29, 1.82) is 0 Å². The number of benzene rings is 1. The normalized spacial score (nSPS) is 28.4. The number of halogens is 1. The highest BCUT2D eigenvalue weighted by molar-refractivity contribution is 5.67. The van der Waals surface area contributed by atoms with E-state index in [0.29, 0.717) is 23.2 Å². The number of nitrogens with one attached hydrogen (secondary N) is 1. The van der Waals surface area contributed by atoms with Crippen molar-refractivity contribution in [2.75, 3.05) is 11.1 Å². The molecule has 0 bridgehead atoms. The fraction of sp³-hybridized carbons (Fsp3) is 0.571. The van der Waals surface area contributed by atoms with Crippen molar-refractivity contribution >= 4 is 11.4 Å². The van der Waals surface area contributed by atoms with Gasteiger partial charge in [0.1, 0.15) is 5.82 Å². The highest BCUT2D eigenvalue weighted by Gasteiger charge is 2.29. The second-order valence-electron chi connectivity index (χ2n) is 5.35. The maximum Gasteiger partial charge on any atom is 0.128 e. The molecule has 3 unspecified atom stereocenters. The molecule has 1 saturated carbocycles. The van der Waals surface area contributed by atoms with Gasteiger partial charge in [0.15, 0.2) is 0 Å². The first-order chi connectivity index (χ1) is 7.99. The fourth-order valence-electron chi connectivity index (χ4n) is 2.59. The average molecular weight is 236 g/mol. The quantitative estimate of drug-likeness (QED) is 0.770. The molecule has 2 rings (SSSR count). The van der Waals surface area contributed by atoms with E-state index in [4.69, 9.17) is 5.73 Å². The van der Waals surface area contributed by atoms with E-state index in [9.17, 15) is 4.39 Å². The average Bonchev–Trinajstić information content (AvgIpc) is 2.58. The van der Waals surface area contributed by atoms with Gasteiger partial charge < -0.3 is 11.1 Å². The molecule has 0 heterocycles. The van der Waals surface area contributed by atoms with E-state index in [1.807, 2.05) is 0 Å². The minimum Gasteiger partial charge on any atom is -0.397 e. The topological polar surface area (TPSA) is 38.0 Å². The zero-order valence-corrected chi connectivity index (χ0v) is 10.8. The molecule has 0 saturated heterocycles. The van der Waals surface area contributed by atoms with Crippen LogP contribution in [0.15, 0.2) is 12.1 Å². The molecule has 3 N–H and O–H groups in total. The predicted molar refractivity (Wildman–Crippen MR) is 70.5 cm³/mol. The second-order valence-corrected chi connectivity index (χ2v) is 5.35. The Morgan fingerprint density at radius 3 is 2.59 bits per heavy atom. The number of nitrogens with two attached hydrogens (primary N) is 1. The van der Waals surface area contributed by atoms with Crippen LogP contribution in [0, 0.1) is 24.6 Å². The molecule has 3 atom stereocenters. The van der Waals surface area contributed by atoms with E-state index in [-0.39, 0.29) is 5.82 Å². The Morgan fingerprint density at radius 2 is 2.00 bits per heavy atom. The molecule has 1 fully saturated rings. The first kappa shape index (κ1) is 12.2. The number of rotatable bonds is 2. The molecule has 2 nitrogen and oxygen atoms in total. The van der Waals surface area contributed by atoms with Gasteiger partial charge in [-0.3, -0.25) is 0 Å². The van der Waals surface area contributed by atoms with Crippen molar-refractivity contribution < 1.29 is 4.39 Å². The maximum atomic E-state index is 13.3. The van der Waals surface area contributed by atoms with Crippen molar-refractivity contribution in [1.82, 2.24) is 0 Å². The molecular formula is C14H21FN2. The van der Waals surface area contributed by atoms with E-state index in [1.165, 1.54) is 12.5 Å². The van der Waals surface area contributed by atoms with Crippen molar-refractivity contribution in [3.05, 3.63) is 23.5 Å². The highest BCUT2D eigenvalue weighted by Crippen LogP contribution is 2.34. The molecule has 3 heteroatoms. The number of anilines is 2. The zero-order chi connectivity index (χ0) is 12.6. The molecule has 0 aromatic heterocycles. The number of hydrogen-bond acceptors (Lipinski definition) is 2. The van der Waals surface area contributed by atoms with Gasteiger partial charge in [0.2, 0.25) is 0 Å². The summed E-state index contributed by atoms with van der Waals surface area (Å²) in [6.45, 7) is 6.31. The van der Waals surface area contributed by atoms with E-state index in [2.05, 4.69) is 19.2 Å². The molecule has 0 spiro atoms. The monoisotopic (exact) mass is 236 g/mol. The Bertz CT molecular complexity index is 417. The largest absolute Gasteiger partial charge is 0.397 e. The Balaban J connectivity index is 2.16. The van der Waals surface area contributed by atoms with Gasteiger partial charge >= 0.3 is 0 Å². The molecule has 0 amide bonds. The molecular weight excluding hydrogens is 215 g/mol. The lowest BCUT2D eigenvalue weighted by atomic mass is 9.97.